The van der Waals surface area contributed by atoms with Crippen LogP contribution in [0.2, 0.25) is 0 Å². The van der Waals surface area contributed by atoms with Crippen molar-refractivity contribution in [3.63, 3.8) is 0 Å². The molecule has 1 N–H and O–H groups in total. The molecule has 0 unspecified atom stereocenters. The highest BCUT2D eigenvalue weighted by atomic mass is 16.6. The van der Waals surface area contributed by atoms with Crippen molar-refractivity contribution in [2.24, 2.45) is 0 Å². The first-order valence-corrected chi connectivity index (χ1v) is 6.23. The number of hydrogen-bond donors (Lipinski definition) is 1. The Morgan fingerprint density at radius 1 is 1.35 bits per heavy atom. The number of amides is 1. The van der Waals surface area contributed by atoms with Gasteiger partial charge in [-0.3, -0.25) is 5.32 Å². The predicted octanol–water partition coefficient (Wildman–Crippen LogP) is 1.33. The van der Waals surface area contributed by atoms with Crippen LogP contribution >= 0.6 is 0 Å². The van der Waals surface area contributed by atoms with E-state index in [0.717, 1.165) is 32.5 Å². The lowest BCUT2D eigenvalue weighted by molar-refractivity contribution is -0.0428. The molecule has 0 aromatic rings. The number of nitrogens with zero attached hydrogens (tertiary/aromatic N) is 1. The number of piperidine rings is 1. The molecule has 2 aliphatic rings. The normalized spacial score (nSPS) is 24.1. The first-order valence-electron chi connectivity index (χ1n) is 6.23. The fourth-order valence-electron chi connectivity index (χ4n) is 2.28. The highest BCUT2D eigenvalue weighted by Gasteiger charge is 2.40. The Labute approximate surface area is 102 Å². The summed E-state index contributed by atoms with van der Waals surface area (Å²) >= 11 is 0. The molecule has 17 heavy (non-hydrogen) atoms. The van der Waals surface area contributed by atoms with Gasteiger partial charge in [-0.2, -0.15) is 0 Å². The maximum absolute atomic E-state index is 11.9. The van der Waals surface area contributed by atoms with E-state index in [1.54, 1.807) is 4.90 Å². The van der Waals surface area contributed by atoms with Crippen molar-refractivity contribution in [1.29, 1.82) is 0 Å². The summed E-state index contributed by atoms with van der Waals surface area (Å²) in [5, 5.41) is 3.21. The Morgan fingerprint density at radius 2 is 2.00 bits per heavy atom. The Balaban J connectivity index is 1.84. The molecule has 5 nitrogen and oxygen atoms in total. The van der Waals surface area contributed by atoms with Crippen LogP contribution < -0.4 is 5.32 Å². The molecule has 0 aliphatic carbocycles. The Hall–Kier alpha value is -0.810. The van der Waals surface area contributed by atoms with Crippen LogP contribution in [-0.4, -0.2) is 48.6 Å². The Kier molecular flexibility index (Phi) is 3.32. The van der Waals surface area contributed by atoms with Gasteiger partial charge >= 0.3 is 6.09 Å². The van der Waals surface area contributed by atoms with Crippen molar-refractivity contribution in [3.8, 4) is 0 Å². The summed E-state index contributed by atoms with van der Waals surface area (Å²) in [5.41, 5.74) is -0.462. The third-order valence-corrected chi connectivity index (χ3v) is 3.25. The highest BCUT2D eigenvalue weighted by molar-refractivity contribution is 5.68. The second-order valence-electron chi connectivity index (χ2n) is 5.87. The smallest absolute Gasteiger partial charge is 0.410 e. The lowest BCUT2D eigenvalue weighted by Gasteiger charge is -2.38. The highest BCUT2D eigenvalue weighted by Crippen LogP contribution is 2.28. The van der Waals surface area contributed by atoms with Crippen LogP contribution in [0, 0.1) is 0 Å². The van der Waals surface area contributed by atoms with Crippen LogP contribution in [-0.2, 0) is 9.47 Å². The number of rotatable bonds is 0. The van der Waals surface area contributed by atoms with E-state index < -0.39 is 5.60 Å². The molecule has 0 saturated carbocycles. The van der Waals surface area contributed by atoms with Gasteiger partial charge in [-0.1, -0.05) is 0 Å². The molecule has 2 rings (SSSR count). The molecular formula is C12H22N2O3. The third-order valence-electron chi connectivity index (χ3n) is 3.25. The van der Waals surface area contributed by atoms with E-state index in [1.807, 2.05) is 20.8 Å². The van der Waals surface area contributed by atoms with Crippen molar-refractivity contribution >= 4 is 6.09 Å². The first kappa shape index (κ1) is 12.6. The molecule has 0 radical (unpaired) electrons. The standard InChI is InChI=1S/C12H22N2O3/c1-11(2,3)17-10(15)14-6-4-12(5-7-14)8-13-9-16-12/h13H,4-9H2,1-3H3. The minimum atomic E-state index is -0.419. The summed E-state index contributed by atoms with van der Waals surface area (Å²) in [7, 11) is 0. The first-order chi connectivity index (χ1) is 7.90. The number of nitrogens with one attached hydrogen (secondary N) is 1. The second kappa shape index (κ2) is 4.46. The van der Waals surface area contributed by atoms with E-state index in [9.17, 15) is 4.79 Å². The number of hydrogen-bond acceptors (Lipinski definition) is 4. The van der Waals surface area contributed by atoms with Gasteiger partial charge in [0.05, 0.1) is 12.3 Å². The predicted molar refractivity (Wildman–Crippen MR) is 63.7 cm³/mol. The molecule has 0 aromatic heterocycles. The minimum absolute atomic E-state index is 0.0431. The van der Waals surface area contributed by atoms with Crippen LogP contribution in [0.15, 0.2) is 0 Å². The monoisotopic (exact) mass is 242 g/mol. The van der Waals surface area contributed by atoms with Crippen LogP contribution in [0.4, 0.5) is 4.79 Å². The van der Waals surface area contributed by atoms with Crippen molar-refractivity contribution in [3.05, 3.63) is 0 Å². The fraction of sp³-hybridized carbons (Fsp3) is 0.917. The van der Waals surface area contributed by atoms with Crippen LogP contribution in [0.25, 0.3) is 0 Å². The number of likely N-dealkylation sites (tertiary alicyclic amines) is 1. The van der Waals surface area contributed by atoms with Crippen molar-refractivity contribution in [1.82, 2.24) is 10.2 Å². The average molecular weight is 242 g/mol. The SMILES string of the molecule is CC(C)(C)OC(=O)N1CCC2(CC1)CNCO2. The van der Waals surface area contributed by atoms with Gasteiger partial charge in [0.25, 0.3) is 0 Å². The molecule has 2 saturated heterocycles. The maximum Gasteiger partial charge on any atom is 0.410 e. The van der Waals surface area contributed by atoms with E-state index in [-0.39, 0.29) is 11.7 Å². The molecule has 2 aliphatic heterocycles. The molecule has 2 heterocycles. The zero-order valence-corrected chi connectivity index (χ0v) is 10.9. The quantitative estimate of drug-likeness (QED) is 0.696. The topological polar surface area (TPSA) is 50.8 Å². The summed E-state index contributed by atoms with van der Waals surface area (Å²) in [4.78, 5) is 13.6. The van der Waals surface area contributed by atoms with E-state index >= 15 is 0 Å². The number of ether oxygens (including phenoxy) is 2. The molecule has 0 atom stereocenters. The molecular weight excluding hydrogens is 220 g/mol. The zero-order valence-electron chi connectivity index (χ0n) is 10.9. The van der Waals surface area contributed by atoms with Crippen molar-refractivity contribution in [2.45, 2.75) is 44.8 Å². The van der Waals surface area contributed by atoms with Gasteiger partial charge in [-0.15, -0.1) is 0 Å². The van der Waals surface area contributed by atoms with Gasteiger partial charge in [0, 0.05) is 19.6 Å². The Morgan fingerprint density at radius 3 is 2.47 bits per heavy atom. The average Bonchev–Trinajstić information content (AvgIpc) is 2.65. The molecule has 2 fully saturated rings. The van der Waals surface area contributed by atoms with E-state index in [4.69, 9.17) is 9.47 Å². The van der Waals surface area contributed by atoms with Gasteiger partial charge in [0.1, 0.15) is 5.60 Å². The summed E-state index contributed by atoms with van der Waals surface area (Å²) in [5.74, 6) is 0. The van der Waals surface area contributed by atoms with Crippen molar-refractivity contribution < 1.29 is 14.3 Å². The minimum Gasteiger partial charge on any atom is -0.444 e. The van der Waals surface area contributed by atoms with Crippen LogP contribution in [0.1, 0.15) is 33.6 Å². The van der Waals surface area contributed by atoms with Gasteiger partial charge < -0.3 is 14.4 Å². The lowest BCUT2D eigenvalue weighted by atomic mass is 9.92. The van der Waals surface area contributed by atoms with E-state index in [1.165, 1.54) is 0 Å². The van der Waals surface area contributed by atoms with Gasteiger partial charge in [-0.25, -0.2) is 4.79 Å². The summed E-state index contributed by atoms with van der Waals surface area (Å²) in [6.07, 6.45) is 1.57. The zero-order chi connectivity index (χ0) is 12.5. The summed E-state index contributed by atoms with van der Waals surface area (Å²) in [6.45, 7) is 8.63. The van der Waals surface area contributed by atoms with E-state index in [2.05, 4.69) is 5.32 Å². The molecule has 5 heteroatoms. The van der Waals surface area contributed by atoms with E-state index in [0.29, 0.717) is 6.73 Å². The molecule has 0 aromatic carbocycles. The van der Waals surface area contributed by atoms with Gasteiger partial charge in [0.15, 0.2) is 0 Å². The third kappa shape index (κ3) is 3.10. The largest absolute Gasteiger partial charge is 0.444 e. The molecule has 0 bridgehead atoms. The summed E-state index contributed by atoms with van der Waals surface area (Å²) < 4.78 is 11.1. The van der Waals surface area contributed by atoms with Crippen LogP contribution in [0.5, 0.6) is 0 Å². The van der Waals surface area contributed by atoms with Crippen LogP contribution in [0.3, 0.4) is 0 Å². The Bertz CT molecular complexity index is 283. The fourth-order valence-corrected chi connectivity index (χ4v) is 2.28. The van der Waals surface area contributed by atoms with Gasteiger partial charge in [0.2, 0.25) is 0 Å². The second-order valence-corrected chi connectivity index (χ2v) is 5.87. The van der Waals surface area contributed by atoms with Gasteiger partial charge in [-0.05, 0) is 33.6 Å². The number of carbonyl (C=O) groups excluding carboxylic acids is 1. The van der Waals surface area contributed by atoms with Crippen molar-refractivity contribution in [2.75, 3.05) is 26.4 Å². The molecule has 98 valence electrons. The summed E-state index contributed by atoms with van der Waals surface area (Å²) in [6, 6.07) is 0. The lowest BCUT2D eigenvalue weighted by Crippen LogP contribution is -2.49. The molecule has 1 amide bonds. The number of carbonyl (C=O) groups is 1. The maximum atomic E-state index is 11.9. The molecule has 1 spiro atoms.